The number of hydrogen-bond acceptors (Lipinski definition) is 2. The van der Waals surface area contributed by atoms with Gasteiger partial charge in [0, 0.05) is 13.4 Å². The largest absolute Gasteiger partial charge is 0.322 e. The van der Waals surface area contributed by atoms with E-state index in [4.69, 9.17) is 5.84 Å². The van der Waals surface area contributed by atoms with Crippen LogP contribution in [0.3, 0.4) is 0 Å². The Kier molecular flexibility index (Phi) is 4.73. The summed E-state index contributed by atoms with van der Waals surface area (Å²) in [6.07, 6.45) is 0. The van der Waals surface area contributed by atoms with Crippen molar-refractivity contribution in [1.82, 2.24) is 0 Å². The second kappa shape index (κ2) is 4.94. The maximum atomic E-state index is 5.37. The number of nitrogens with one attached hydrogen (secondary N) is 1. The Labute approximate surface area is 118 Å². The summed E-state index contributed by atoms with van der Waals surface area (Å²) >= 11 is 17.1. The Morgan fingerprint density at radius 2 is 1.00 bits per heavy atom. The Hall–Kier alpha value is 1.38. The molecule has 1 aromatic rings. The second-order valence-electron chi connectivity index (χ2n) is 2.09. The molecule has 0 spiro atoms. The van der Waals surface area contributed by atoms with Crippen molar-refractivity contribution >= 4 is 85.3 Å². The lowest BCUT2D eigenvalue weighted by atomic mass is 10.3. The van der Waals surface area contributed by atoms with Gasteiger partial charge in [0.1, 0.15) is 0 Å². The Balaban J connectivity index is 3.56. The van der Waals surface area contributed by atoms with Crippen LogP contribution >= 0.6 is 79.6 Å². The molecule has 0 heterocycles. The van der Waals surface area contributed by atoms with E-state index in [1.165, 1.54) is 0 Å². The van der Waals surface area contributed by atoms with Crippen LogP contribution in [0.5, 0.6) is 0 Å². The number of hydrogen-bond donors (Lipinski definition) is 2. The number of hydrazine groups is 1. The number of halogens is 5. The maximum absolute atomic E-state index is 5.37. The zero-order chi connectivity index (χ0) is 10.2. The minimum atomic E-state index is 0.780. The van der Waals surface area contributed by atoms with Crippen molar-refractivity contribution in [3.63, 3.8) is 0 Å². The molecule has 13 heavy (non-hydrogen) atoms. The summed E-state index contributed by atoms with van der Waals surface area (Å²) in [4.78, 5) is 0. The summed E-state index contributed by atoms with van der Waals surface area (Å²) < 4.78 is 4.44. The van der Waals surface area contributed by atoms with Crippen molar-refractivity contribution in [2.24, 2.45) is 5.84 Å². The number of anilines is 1. The van der Waals surface area contributed by atoms with Crippen LogP contribution in [0.4, 0.5) is 5.69 Å². The lowest BCUT2D eigenvalue weighted by molar-refractivity contribution is 1.30. The van der Waals surface area contributed by atoms with Crippen LogP contribution in [-0.4, -0.2) is 0 Å². The van der Waals surface area contributed by atoms with Crippen molar-refractivity contribution in [3.05, 3.63) is 22.4 Å². The van der Waals surface area contributed by atoms with E-state index >= 15 is 0 Å². The van der Waals surface area contributed by atoms with Crippen LogP contribution in [-0.2, 0) is 0 Å². The maximum Gasteiger partial charge on any atom is 0.0795 e. The van der Waals surface area contributed by atoms with Gasteiger partial charge in [-0.3, -0.25) is 5.84 Å². The molecule has 1 aromatic carbocycles. The standard InChI is InChI=1S/C6H3Br5N2/c7-1-2(8)4(10)6(13-12)5(11)3(1)9/h13H,12H2. The van der Waals surface area contributed by atoms with Gasteiger partial charge in [-0.25, -0.2) is 0 Å². The first-order chi connectivity index (χ1) is 6.00. The number of nitrogen functional groups attached to an aromatic ring is 1. The molecule has 3 N–H and O–H groups in total. The summed E-state index contributed by atoms with van der Waals surface area (Å²) in [5.41, 5.74) is 3.38. The molecule has 0 aliphatic rings. The van der Waals surface area contributed by atoms with Gasteiger partial charge in [-0.2, -0.15) is 0 Å². The van der Waals surface area contributed by atoms with E-state index in [1.54, 1.807) is 0 Å². The Bertz CT molecular complexity index is 322. The molecule has 0 atom stereocenters. The van der Waals surface area contributed by atoms with E-state index in [-0.39, 0.29) is 0 Å². The molecule has 2 nitrogen and oxygen atoms in total. The van der Waals surface area contributed by atoms with E-state index in [2.05, 4.69) is 85.1 Å². The first kappa shape index (κ1) is 12.4. The first-order valence-electron chi connectivity index (χ1n) is 2.98. The fraction of sp³-hybridized carbons (Fsp3) is 0. The van der Waals surface area contributed by atoms with Crippen LogP contribution < -0.4 is 11.3 Å². The highest BCUT2D eigenvalue weighted by Gasteiger charge is 2.16. The van der Waals surface area contributed by atoms with Crippen molar-refractivity contribution < 1.29 is 0 Å². The summed E-state index contributed by atoms with van der Waals surface area (Å²) in [6, 6.07) is 0. The molecular formula is C6H3Br5N2. The summed E-state index contributed by atoms with van der Waals surface area (Å²) in [5, 5.41) is 0. The van der Waals surface area contributed by atoms with Gasteiger partial charge in [0.05, 0.1) is 14.6 Å². The monoisotopic (exact) mass is 498 g/mol. The average molecular weight is 503 g/mol. The molecule has 0 aromatic heterocycles. The summed E-state index contributed by atoms with van der Waals surface area (Å²) in [6.45, 7) is 0. The van der Waals surface area contributed by atoms with Crippen molar-refractivity contribution in [2.75, 3.05) is 5.43 Å². The third-order valence-corrected chi connectivity index (χ3v) is 7.45. The predicted molar refractivity (Wildman–Crippen MR) is 72.8 cm³/mol. The molecular weight excluding hydrogens is 500 g/mol. The average Bonchev–Trinajstić information content (AvgIpc) is 2.13. The van der Waals surface area contributed by atoms with Gasteiger partial charge in [0.25, 0.3) is 0 Å². The third kappa shape index (κ3) is 2.31. The number of rotatable bonds is 1. The molecule has 0 aliphatic heterocycles. The molecule has 0 radical (unpaired) electrons. The predicted octanol–water partition coefficient (Wildman–Crippen LogP) is 4.78. The molecule has 7 heteroatoms. The van der Waals surface area contributed by atoms with E-state index in [0.717, 1.165) is 28.1 Å². The molecule has 72 valence electrons. The zero-order valence-corrected chi connectivity index (χ0v) is 13.9. The molecule has 0 saturated carbocycles. The quantitative estimate of drug-likeness (QED) is 0.251. The van der Waals surface area contributed by atoms with Gasteiger partial charge < -0.3 is 5.43 Å². The lowest BCUT2D eigenvalue weighted by Gasteiger charge is -2.12. The molecule has 0 unspecified atom stereocenters. The highest BCUT2D eigenvalue weighted by Crippen LogP contribution is 2.46. The van der Waals surface area contributed by atoms with Crippen molar-refractivity contribution in [3.8, 4) is 0 Å². The van der Waals surface area contributed by atoms with Crippen LogP contribution in [0.1, 0.15) is 0 Å². The van der Waals surface area contributed by atoms with E-state index in [9.17, 15) is 0 Å². The molecule has 0 bridgehead atoms. The minimum Gasteiger partial charge on any atom is -0.322 e. The second-order valence-corrected chi connectivity index (χ2v) is 6.05. The van der Waals surface area contributed by atoms with Gasteiger partial charge in [-0.15, -0.1) is 0 Å². The first-order valence-corrected chi connectivity index (χ1v) is 6.95. The number of nitrogens with two attached hydrogens (primary N) is 1. The van der Waals surface area contributed by atoms with E-state index in [1.807, 2.05) is 0 Å². The van der Waals surface area contributed by atoms with Gasteiger partial charge >= 0.3 is 0 Å². The van der Waals surface area contributed by atoms with E-state index < -0.39 is 0 Å². The molecule has 0 saturated heterocycles. The molecule has 1 rings (SSSR count). The molecule has 0 amide bonds. The lowest BCUT2D eigenvalue weighted by Crippen LogP contribution is -2.08. The van der Waals surface area contributed by atoms with Gasteiger partial charge in [-0.1, -0.05) is 0 Å². The van der Waals surface area contributed by atoms with E-state index in [0.29, 0.717) is 0 Å². The van der Waals surface area contributed by atoms with Gasteiger partial charge in [0.2, 0.25) is 0 Å². The Morgan fingerprint density at radius 3 is 1.31 bits per heavy atom. The smallest absolute Gasteiger partial charge is 0.0795 e. The van der Waals surface area contributed by atoms with Crippen LogP contribution in [0.25, 0.3) is 0 Å². The van der Waals surface area contributed by atoms with Crippen molar-refractivity contribution in [1.29, 1.82) is 0 Å². The van der Waals surface area contributed by atoms with Crippen LogP contribution in [0.15, 0.2) is 22.4 Å². The molecule has 0 fully saturated rings. The zero-order valence-electron chi connectivity index (χ0n) is 5.97. The Morgan fingerprint density at radius 1 is 0.692 bits per heavy atom. The van der Waals surface area contributed by atoms with Gasteiger partial charge in [-0.05, 0) is 79.6 Å². The summed E-state index contributed by atoms with van der Waals surface area (Å²) in [7, 11) is 0. The highest BCUT2D eigenvalue weighted by molar-refractivity contribution is 9.15. The normalized spacial score (nSPS) is 10.3. The van der Waals surface area contributed by atoms with Gasteiger partial charge in [0.15, 0.2) is 0 Å². The minimum absolute atomic E-state index is 0.780. The topological polar surface area (TPSA) is 38.0 Å². The summed E-state index contributed by atoms with van der Waals surface area (Å²) in [5.74, 6) is 5.37. The third-order valence-electron chi connectivity index (χ3n) is 1.35. The fourth-order valence-electron chi connectivity index (χ4n) is 0.732. The highest BCUT2D eigenvalue weighted by atomic mass is 79.9. The van der Waals surface area contributed by atoms with Crippen LogP contribution in [0.2, 0.25) is 0 Å². The van der Waals surface area contributed by atoms with Crippen LogP contribution in [0, 0.1) is 0 Å². The SMILES string of the molecule is NNc1c(Br)c(Br)c(Br)c(Br)c1Br. The van der Waals surface area contributed by atoms with Crippen molar-refractivity contribution in [2.45, 2.75) is 0 Å². The number of benzene rings is 1. The molecule has 0 aliphatic carbocycles. The fourth-order valence-corrected chi connectivity index (χ4v) is 4.01.